The van der Waals surface area contributed by atoms with E-state index >= 15 is 0 Å². The lowest BCUT2D eigenvalue weighted by molar-refractivity contribution is -0.186. The fourth-order valence-corrected chi connectivity index (χ4v) is 2.74. The second kappa shape index (κ2) is 6.37. The molecule has 0 aliphatic carbocycles. The molecule has 1 saturated heterocycles. The van der Waals surface area contributed by atoms with Crippen LogP contribution in [-0.2, 0) is 11.2 Å². The summed E-state index contributed by atoms with van der Waals surface area (Å²) in [6, 6.07) is 6.61. The Morgan fingerprint density at radius 1 is 1.18 bits per heavy atom. The third-order valence-electron chi connectivity index (χ3n) is 3.90. The summed E-state index contributed by atoms with van der Waals surface area (Å²) in [6.07, 6.45) is -3.45. The first-order chi connectivity index (χ1) is 10.3. The standard InChI is InChI=1S/C15H16F3NO3/c16-15(17,18)14(22)19-7-5-10(6-8-19)9-11-3-1-2-4-12(11)13(20)21/h1-4,10H,5-9H2,(H,20,21). The van der Waals surface area contributed by atoms with Crippen molar-refractivity contribution in [2.45, 2.75) is 25.4 Å². The van der Waals surface area contributed by atoms with E-state index < -0.39 is 18.1 Å². The molecule has 0 unspecified atom stereocenters. The number of piperidine rings is 1. The maximum Gasteiger partial charge on any atom is 0.471 e. The van der Waals surface area contributed by atoms with E-state index in [-0.39, 0.29) is 24.6 Å². The smallest absolute Gasteiger partial charge is 0.471 e. The Bertz CT molecular complexity index is 563. The molecule has 0 atom stereocenters. The molecule has 1 amide bonds. The van der Waals surface area contributed by atoms with Crippen LogP contribution < -0.4 is 0 Å². The first-order valence-corrected chi connectivity index (χ1v) is 6.96. The van der Waals surface area contributed by atoms with Gasteiger partial charge in [-0.2, -0.15) is 13.2 Å². The van der Waals surface area contributed by atoms with Crippen LogP contribution in [0.15, 0.2) is 24.3 Å². The van der Waals surface area contributed by atoms with Crippen LogP contribution in [0.5, 0.6) is 0 Å². The van der Waals surface area contributed by atoms with Crippen molar-refractivity contribution in [3.05, 3.63) is 35.4 Å². The molecule has 120 valence electrons. The minimum absolute atomic E-state index is 0.0538. The molecule has 4 nitrogen and oxygen atoms in total. The quantitative estimate of drug-likeness (QED) is 0.933. The van der Waals surface area contributed by atoms with Gasteiger partial charge in [0, 0.05) is 13.1 Å². The summed E-state index contributed by atoms with van der Waals surface area (Å²) >= 11 is 0. The number of rotatable bonds is 3. The average molecular weight is 315 g/mol. The van der Waals surface area contributed by atoms with Gasteiger partial charge >= 0.3 is 18.1 Å². The first kappa shape index (κ1) is 16.3. The first-order valence-electron chi connectivity index (χ1n) is 6.96. The molecule has 1 fully saturated rings. The van der Waals surface area contributed by atoms with E-state index in [2.05, 4.69) is 0 Å². The van der Waals surface area contributed by atoms with Gasteiger partial charge < -0.3 is 10.0 Å². The van der Waals surface area contributed by atoms with Crippen LogP contribution in [0, 0.1) is 5.92 Å². The largest absolute Gasteiger partial charge is 0.478 e. The zero-order valence-corrected chi connectivity index (χ0v) is 11.8. The predicted molar refractivity (Wildman–Crippen MR) is 72.5 cm³/mol. The third-order valence-corrected chi connectivity index (χ3v) is 3.90. The molecule has 0 saturated carbocycles. The lowest BCUT2D eigenvalue weighted by Crippen LogP contribution is -2.45. The second-order valence-corrected chi connectivity index (χ2v) is 5.40. The van der Waals surface area contributed by atoms with Gasteiger partial charge in [-0.3, -0.25) is 4.79 Å². The molecule has 1 N–H and O–H groups in total. The van der Waals surface area contributed by atoms with E-state index in [1.165, 1.54) is 6.07 Å². The van der Waals surface area contributed by atoms with Crippen LogP contribution in [0.3, 0.4) is 0 Å². The zero-order valence-electron chi connectivity index (χ0n) is 11.8. The summed E-state index contributed by atoms with van der Waals surface area (Å²) in [4.78, 5) is 23.1. The molecule has 0 radical (unpaired) electrons. The maximum atomic E-state index is 12.4. The van der Waals surface area contributed by atoms with Crippen molar-refractivity contribution in [2.24, 2.45) is 5.92 Å². The Kier molecular flexibility index (Phi) is 4.73. The van der Waals surface area contributed by atoms with Gasteiger partial charge in [0.05, 0.1) is 5.56 Å². The molecule has 0 spiro atoms. The number of amides is 1. The number of nitrogens with zero attached hydrogens (tertiary/aromatic N) is 1. The summed E-state index contributed by atoms with van der Waals surface area (Å²) in [6.45, 7) is 0.108. The Morgan fingerprint density at radius 2 is 1.77 bits per heavy atom. The van der Waals surface area contributed by atoms with Gasteiger partial charge in [-0.25, -0.2) is 4.79 Å². The van der Waals surface area contributed by atoms with Crippen molar-refractivity contribution >= 4 is 11.9 Å². The van der Waals surface area contributed by atoms with Gasteiger partial charge in [-0.1, -0.05) is 18.2 Å². The fourth-order valence-electron chi connectivity index (χ4n) is 2.74. The number of halogens is 3. The SMILES string of the molecule is O=C(O)c1ccccc1CC1CCN(C(=O)C(F)(F)F)CC1. The molecule has 1 aliphatic heterocycles. The molecule has 0 bridgehead atoms. The molecular weight excluding hydrogens is 299 g/mol. The molecule has 22 heavy (non-hydrogen) atoms. The van der Waals surface area contributed by atoms with E-state index in [1.54, 1.807) is 18.2 Å². The maximum absolute atomic E-state index is 12.4. The highest BCUT2D eigenvalue weighted by atomic mass is 19.4. The number of hydrogen-bond acceptors (Lipinski definition) is 2. The molecule has 7 heteroatoms. The van der Waals surface area contributed by atoms with Gasteiger partial charge in [0.25, 0.3) is 0 Å². The summed E-state index contributed by atoms with van der Waals surface area (Å²) in [5.74, 6) is -2.73. The average Bonchev–Trinajstić information content (AvgIpc) is 2.46. The van der Waals surface area contributed by atoms with Crippen LogP contribution in [0.4, 0.5) is 13.2 Å². The van der Waals surface area contributed by atoms with Gasteiger partial charge in [-0.15, -0.1) is 0 Å². The van der Waals surface area contributed by atoms with Crippen LogP contribution in [-0.4, -0.2) is 41.1 Å². The predicted octanol–water partition coefficient (Wildman–Crippen LogP) is 2.73. The molecule has 1 aliphatic rings. The molecule has 0 aromatic heterocycles. The van der Waals surface area contributed by atoms with Gasteiger partial charge in [0.15, 0.2) is 0 Å². The zero-order chi connectivity index (χ0) is 16.3. The number of hydrogen-bond donors (Lipinski definition) is 1. The minimum atomic E-state index is -4.83. The lowest BCUT2D eigenvalue weighted by Gasteiger charge is -2.32. The normalized spacial score (nSPS) is 16.6. The number of carboxylic acid groups (broad SMARTS) is 1. The number of alkyl halides is 3. The van der Waals surface area contributed by atoms with Crippen LogP contribution in [0.25, 0.3) is 0 Å². The highest BCUT2D eigenvalue weighted by molar-refractivity contribution is 5.89. The van der Waals surface area contributed by atoms with Crippen molar-refractivity contribution in [2.75, 3.05) is 13.1 Å². The van der Waals surface area contributed by atoms with Gasteiger partial charge in [0.1, 0.15) is 0 Å². The third kappa shape index (κ3) is 3.78. The van der Waals surface area contributed by atoms with E-state index in [0.29, 0.717) is 24.8 Å². The lowest BCUT2D eigenvalue weighted by atomic mass is 9.88. The Morgan fingerprint density at radius 3 is 2.32 bits per heavy atom. The van der Waals surface area contributed by atoms with Crippen molar-refractivity contribution in [1.82, 2.24) is 4.90 Å². The molecule has 1 aromatic carbocycles. The van der Waals surface area contributed by atoms with Crippen LogP contribution in [0.2, 0.25) is 0 Å². The Balaban J connectivity index is 1.96. The Hall–Kier alpha value is -2.05. The number of carbonyl (C=O) groups excluding carboxylic acids is 1. The van der Waals surface area contributed by atoms with Crippen LogP contribution >= 0.6 is 0 Å². The summed E-state index contributed by atoms with van der Waals surface area (Å²) in [7, 11) is 0. The second-order valence-electron chi connectivity index (χ2n) is 5.40. The van der Waals surface area contributed by atoms with E-state index in [9.17, 15) is 22.8 Å². The molecule has 1 heterocycles. The number of likely N-dealkylation sites (tertiary alicyclic amines) is 1. The number of carbonyl (C=O) groups is 2. The Labute approximate surface area is 125 Å². The topological polar surface area (TPSA) is 57.6 Å². The van der Waals surface area contributed by atoms with Gasteiger partial charge in [0.2, 0.25) is 0 Å². The van der Waals surface area contributed by atoms with Crippen molar-refractivity contribution in [1.29, 1.82) is 0 Å². The van der Waals surface area contributed by atoms with Crippen molar-refractivity contribution in [3.8, 4) is 0 Å². The molecular formula is C15H16F3NO3. The number of aromatic carboxylic acids is 1. The highest BCUT2D eigenvalue weighted by Gasteiger charge is 2.43. The molecule has 1 aromatic rings. The monoisotopic (exact) mass is 315 g/mol. The van der Waals surface area contributed by atoms with Crippen molar-refractivity contribution < 1.29 is 27.9 Å². The minimum Gasteiger partial charge on any atom is -0.478 e. The van der Waals surface area contributed by atoms with E-state index in [0.717, 1.165) is 4.90 Å². The summed E-state index contributed by atoms with van der Waals surface area (Å²) in [5, 5.41) is 9.12. The fraction of sp³-hybridized carbons (Fsp3) is 0.467. The van der Waals surface area contributed by atoms with Crippen LogP contribution in [0.1, 0.15) is 28.8 Å². The molecule has 2 rings (SSSR count). The highest BCUT2D eigenvalue weighted by Crippen LogP contribution is 2.26. The van der Waals surface area contributed by atoms with Gasteiger partial charge in [-0.05, 0) is 36.8 Å². The summed E-state index contributed by atoms with van der Waals surface area (Å²) < 4.78 is 37.1. The summed E-state index contributed by atoms with van der Waals surface area (Å²) in [5.41, 5.74) is 0.895. The van der Waals surface area contributed by atoms with E-state index in [1.807, 2.05) is 0 Å². The number of benzene rings is 1. The van der Waals surface area contributed by atoms with Crippen molar-refractivity contribution in [3.63, 3.8) is 0 Å². The number of carboxylic acids is 1. The van der Waals surface area contributed by atoms with E-state index in [4.69, 9.17) is 5.11 Å².